The number of nitrogens with one attached hydrogen (secondary N) is 1. The van der Waals surface area contributed by atoms with Crippen molar-refractivity contribution in [3.63, 3.8) is 0 Å². The Morgan fingerprint density at radius 2 is 2.00 bits per heavy atom. The fraction of sp³-hybridized carbons (Fsp3) is 0.733. The number of hydrogen-bond donors (Lipinski definition) is 1. The summed E-state index contributed by atoms with van der Waals surface area (Å²) in [7, 11) is 1.99. The van der Waals surface area contributed by atoms with Crippen molar-refractivity contribution in [1.82, 2.24) is 15.3 Å². The molecular formula is C15H25N3O. The van der Waals surface area contributed by atoms with E-state index in [1.165, 1.54) is 5.56 Å². The van der Waals surface area contributed by atoms with E-state index in [2.05, 4.69) is 36.1 Å². The highest BCUT2D eigenvalue weighted by atomic mass is 16.5. The maximum Gasteiger partial charge on any atom is 0.157 e. The normalized spacial score (nSPS) is 20.7. The van der Waals surface area contributed by atoms with Gasteiger partial charge in [-0.05, 0) is 58.2 Å². The Hall–Kier alpha value is -1.00. The molecule has 0 aromatic carbocycles. The smallest absolute Gasteiger partial charge is 0.157 e. The second-order valence-corrected chi connectivity index (χ2v) is 5.60. The predicted molar refractivity (Wildman–Crippen MR) is 76.2 cm³/mol. The summed E-state index contributed by atoms with van der Waals surface area (Å²) in [5.74, 6) is 1.47. The monoisotopic (exact) mass is 263 g/mol. The molecule has 4 heteroatoms. The van der Waals surface area contributed by atoms with Gasteiger partial charge in [0.25, 0.3) is 0 Å². The van der Waals surface area contributed by atoms with Crippen molar-refractivity contribution >= 4 is 0 Å². The summed E-state index contributed by atoms with van der Waals surface area (Å²) in [5, 5.41) is 3.22. The summed E-state index contributed by atoms with van der Waals surface area (Å²) in [6.07, 6.45) is 3.31. The van der Waals surface area contributed by atoms with E-state index in [0.717, 1.165) is 49.6 Å². The van der Waals surface area contributed by atoms with Gasteiger partial charge in [-0.2, -0.15) is 0 Å². The minimum atomic E-state index is 0.112. The molecule has 1 aromatic rings. The highest BCUT2D eigenvalue weighted by Gasteiger charge is 2.22. The molecule has 0 aliphatic carbocycles. The zero-order valence-corrected chi connectivity index (χ0v) is 12.5. The summed E-state index contributed by atoms with van der Waals surface area (Å²) in [6.45, 7) is 8.30. The first kappa shape index (κ1) is 14.4. The quantitative estimate of drug-likeness (QED) is 0.886. The van der Waals surface area contributed by atoms with Crippen molar-refractivity contribution in [2.24, 2.45) is 5.92 Å². The third-order valence-corrected chi connectivity index (χ3v) is 3.76. The summed E-state index contributed by atoms with van der Waals surface area (Å²) < 4.78 is 5.67. The van der Waals surface area contributed by atoms with Crippen LogP contribution in [0.4, 0.5) is 0 Å². The van der Waals surface area contributed by atoms with Crippen LogP contribution in [0.15, 0.2) is 0 Å². The number of nitrogens with zero attached hydrogens (tertiary/aromatic N) is 2. The summed E-state index contributed by atoms with van der Waals surface area (Å²) in [6, 6.07) is 0. The van der Waals surface area contributed by atoms with Crippen molar-refractivity contribution in [3.05, 3.63) is 22.8 Å². The molecule has 2 unspecified atom stereocenters. The molecule has 1 N–H and O–H groups in total. The lowest BCUT2D eigenvalue weighted by Crippen LogP contribution is -2.19. The lowest BCUT2D eigenvalue weighted by atomic mass is 9.98. The van der Waals surface area contributed by atoms with Crippen molar-refractivity contribution in [1.29, 1.82) is 0 Å². The Balaban J connectivity index is 2.16. The predicted octanol–water partition coefficient (Wildman–Crippen LogP) is 2.34. The van der Waals surface area contributed by atoms with Gasteiger partial charge in [0.2, 0.25) is 0 Å². The average molecular weight is 263 g/mol. The van der Waals surface area contributed by atoms with Crippen LogP contribution in [0.1, 0.15) is 48.6 Å². The second-order valence-electron chi connectivity index (χ2n) is 5.60. The second kappa shape index (κ2) is 6.44. The SMILES string of the molecule is CNCC(C)Cc1c(C)nc(C2CCCO2)nc1C. The Morgan fingerprint density at radius 1 is 1.32 bits per heavy atom. The van der Waals surface area contributed by atoms with E-state index in [9.17, 15) is 0 Å². The van der Waals surface area contributed by atoms with E-state index in [1.54, 1.807) is 0 Å². The van der Waals surface area contributed by atoms with E-state index in [1.807, 2.05) is 7.05 Å². The van der Waals surface area contributed by atoms with Gasteiger partial charge in [0.15, 0.2) is 5.82 Å². The maximum absolute atomic E-state index is 5.67. The third kappa shape index (κ3) is 3.51. The van der Waals surface area contributed by atoms with Crippen molar-refractivity contribution in [2.75, 3.05) is 20.2 Å². The van der Waals surface area contributed by atoms with E-state index < -0.39 is 0 Å². The maximum atomic E-state index is 5.67. The molecule has 1 aromatic heterocycles. The number of aromatic nitrogens is 2. The molecule has 4 nitrogen and oxygen atoms in total. The van der Waals surface area contributed by atoms with Crippen LogP contribution in [0.3, 0.4) is 0 Å². The van der Waals surface area contributed by atoms with Gasteiger partial charge < -0.3 is 10.1 Å². The van der Waals surface area contributed by atoms with Crippen molar-refractivity contribution in [2.45, 2.75) is 46.1 Å². The molecule has 1 aliphatic heterocycles. The van der Waals surface area contributed by atoms with Gasteiger partial charge >= 0.3 is 0 Å². The summed E-state index contributed by atoms with van der Waals surface area (Å²) >= 11 is 0. The van der Waals surface area contributed by atoms with Gasteiger partial charge in [-0.15, -0.1) is 0 Å². The van der Waals surface area contributed by atoms with E-state index in [0.29, 0.717) is 5.92 Å². The van der Waals surface area contributed by atoms with Crippen molar-refractivity contribution < 1.29 is 4.74 Å². The van der Waals surface area contributed by atoms with E-state index >= 15 is 0 Å². The first-order valence-corrected chi connectivity index (χ1v) is 7.22. The highest BCUT2D eigenvalue weighted by Crippen LogP contribution is 2.27. The van der Waals surface area contributed by atoms with Crippen LogP contribution >= 0.6 is 0 Å². The molecule has 1 aliphatic rings. The molecule has 2 atom stereocenters. The van der Waals surface area contributed by atoms with Crippen LogP contribution in [0.25, 0.3) is 0 Å². The summed E-state index contributed by atoms with van der Waals surface area (Å²) in [4.78, 5) is 9.35. The molecule has 2 rings (SSSR count). The molecule has 0 bridgehead atoms. The number of ether oxygens (including phenoxy) is 1. The minimum absolute atomic E-state index is 0.112. The van der Waals surface area contributed by atoms with Gasteiger partial charge in [0, 0.05) is 18.0 Å². The molecule has 1 fully saturated rings. The highest BCUT2D eigenvalue weighted by molar-refractivity contribution is 5.25. The average Bonchev–Trinajstić information content (AvgIpc) is 2.87. The number of hydrogen-bond acceptors (Lipinski definition) is 4. The van der Waals surface area contributed by atoms with Gasteiger partial charge in [-0.25, -0.2) is 9.97 Å². The molecule has 2 heterocycles. The standard InChI is InChI=1S/C15H25N3O/c1-10(9-16-4)8-13-11(2)17-15(18-12(13)3)14-6-5-7-19-14/h10,14,16H,5-9H2,1-4H3. The summed E-state index contributed by atoms with van der Waals surface area (Å²) in [5.41, 5.74) is 3.52. The molecule has 106 valence electrons. The van der Waals surface area contributed by atoms with Gasteiger partial charge in [0.1, 0.15) is 6.10 Å². The first-order chi connectivity index (χ1) is 9.11. The fourth-order valence-corrected chi connectivity index (χ4v) is 2.76. The zero-order chi connectivity index (χ0) is 13.8. The first-order valence-electron chi connectivity index (χ1n) is 7.22. The molecule has 0 saturated carbocycles. The third-order valence-electron chi connectivity index (χ3n) is 3.76. The Labute approximate surface area is 116 Å². The Bertz CT molecular complexity index is 404. The zero-order valence-electron chi connectivity index (χ0n) is 12.5. The van der Waals surface area contributed by atoms with Crippen LogP contribution in [-0.2, 0) is 11.2 Å². The van der Waals surface area contributed by atoms with Crippen LogP contribution in [0.2, 0.25) is 0 Å². The lowest BCUT2D eigenvalue weighted by molar-refractivity contribution is 0.104. The molecule has 1 saturated heterocycles. The van der Waals surface area contributed by atoms with Crippen LogP contribution in [0, 0.1) is 19.8 Å². The van der Waals surface area contributed by atoms with Crippen molar-refractivity contribution in [3.8, 4) is 0 Å². The van der Waals surface area contributed by atoms with Gasteiger partial charge in [-0.1, -0.05) is 6.92 Å². The van der Waals surface area contributed by atoms with Gasteiger partial charge in [0.05, 0.1) is 0 Å². The molecule has 0 radical (unpaired) electrons. The van der Waals surface area contributed by atoms with E-state index in [4.69, 9.17) is 4.74 Å². The molecule has 19 heavy (non-hydrogen) atoms. The number of rotatable bonds is 5. The largest absolute Gasteiger partial charge is 0.370 e. The topological polar surface area (TPSA) is 47.0 Å². The van der Waals surface area contributed by atoms with Crippen LogP contribution < -0.4 is 5.32 Å². The van der Waals surface area contributed by atoms with E-state index in [-0.39, 0.29) is 6.10 Å². The minimum Gasteiger partial charge on any atom is -0.370 e. The van der Waals surface area contributed by atoms with Crippen LogP contribution in [0.5, 0.6) is 0 Å². The molecule has 0 amide bonds. The molecule has 0 spiro atoms. The molecular weight excluding hydrogens is 238 g/mol. The van der Waals surface area contributed by atoms with Crippen LogP contribution in [-0.4, -0.2) is 30.2 Å². The fourth-order valence-electron chi connectivity index (χ4n) is 2.76. The Morgan fingerprint density at radius 3 is 2.53 bits per heavy atom. The Kier molecular flexibility index (Phi) is 4.88. The van der Waals surface area contributed by atoms with Gasteiger partial charge in [-0.3, -0.25) is 0 Å². The lowest BCUT2D eigenvalue weighted by Gasteiger charge is -2.17. The number of aryl methyl sites for hydroxylation is 2.